The zero-order valence-electron chi connectivity index (χ0n) is 10.7. The molecule has 4 saturated carbocycles. The summed E-state index contributed by atoms with van der Waals surface area (Å²) in [5, 5.41) is 3.67. The van der Waals surface area contributed by atoms with Crippen LogP contribution in [0.5, 0.6) is 0 Å². The summed E-state index contributed by atoms with van der Waals surface area (Å²) in [4.78, 5) is 0.995. The summed E-state index contributed by atoms with van der Waals surface area (Å²) in [6.07, 6.45) is 8.42. The molecule has 4 aliphatic carbocycles. The molecule has 16 heavy (non-hydrogen) atoms. The Morgan fingerprint density at radius 3 is 2.06 bits per heavy atom. The molecular formula is C14H23NS. The van der Waals surface area contributed by atoms with Crippen LogP contribution in [0.1, 0.15) is 59.3 Å². The predicted molar refractivity (Wildman–Crippen MR) is 71.5 cm³/mol. The highest BCUT2D eigenvalue weighted by Gasteiger charge is 2.60. The van der Waals surface area contributed by atoms with Crippen molar-refractivity contribution in [3.8, 4) is 0 Å². The fourth-order valence-electron chi connectivity index (χ4n) is 5.96. The molecule has 0 amide bonds. The molecule has 0 aromatic rings. The first-order valence-corrected chi connectivity index (χ1v) is 7.02. The molecule has 2 atom stereocenters. The zero-order chi connectivity index (χ0) is 11.6. The third kappa shape index (κ3) is 1.61. The molecule has 4 bridgehead atoms. The molecule has 4 fully saturated rings. The molecule has 2 unspecified atom stereocenters. The minimum atomic E-state index is 0.356. The van der Waals surface area contributed by atoms with Gasteiger partial charge in [-0.15, -0.1) is 0 Å². The summed E-state index contributed by atoms with van der Waals surface area (Å²) in [6.45, 7) is 7.05. The fourth-order valence-corrected chi connectivity index (χ4v) is 6.18. The van der Waals surface area contributed by atoms with Crippen molar-refractivity contribution >= 4 is 17.2 Å². The predicted octanol–water partition coefficient (Wildman–Crippen LogP) is 3.67. The topological polar surface area (TPSA) is 12.0 Å². The monoisotopic (exact) mass is 237 g/mol. The van der Waals surface area contributed by atoms with Gasteiger partial charge in [-0.25, -0.2) is 0 Å². The van der Waals surface area contributed by atoms with Crippen LogP contribution in [-0.2, 0) is 0 Å². The molecule has 0 aliphatic heterocycles. The first-order chi connectivity index (χ1) is 7.32. The van der Waals surface area contributed by atoms with Crippen molar-refractivity contribution in [2.24, 2.45) is 16.7 Å². The van der Waals surface area contributed by atoms with Crippen LogP contribution in [0.25, 0.3) is 0 Å². The van der Waals surface area contributed by atoms with Crippen molar-refractivity contribution in [1.29, 1.82) is 0 Å². The lowest BCUT2D eigenvalue weighted by atomic mass is 9.43. The normalized spacial score (nSPS) is 54.1. The number of rotatable bonds is 1. The van der Waals surface area contributed by atoms with E-state index in [4.69, 9.17) is 12.2 Å². The van der Waals surface area contributed by atoms with Crippen molar-refractivity contribution in [3.05, 3.63) is 0 Å². The second-order valence-electron chi connectivity index (χ2n) is 7.59. The second kappa shape index (κ2) is 3.01. The highest BCUT2D eigenvalue weighted by atomic mass is 32.1. The summed E-state index contributed by atoms with van der Waals surface area (Å²) >= 11 is 5.29. The summed E-state index contributed by atoms with van der Waals surface area (Å²) in [5.41, 5.74) is 1.53. The van der Waals surface area contributed by atoms with Gasteiger partial charge in [0.1, 0.15) is 0 Å². The lowest BCUT2D eigenvalue weighted by molar-refractivity contribution is -0.111. The molecular weight excluding hydrogens is 214 g/mol. The van der Waals surface area contributed by atoms with Crippen LogP contribution < -0.4 is 5.32 Å². The van der Waals surface area contributed by atoms with Crippen LogP contribution in [0, 0.1) is 16.7 Å². The summed E-state index contributed by atoms with van der Waals surface area (Å²) < 4.78 is 0. The number of hydrogen-bond donors (Lipinski definition) is 1. The zero-order valence-corrected chi connectivity index (χ0v) is 11.5. The van der Waals surface area contributed by atoms with Gasteiger partial charge in [0.2, 0.25) is 0 Å². The smallest absolute Gasteiger partial charge is 0.0726 e. The molecule has 4 aliphatic rings. The molecule has 0 radical (unpaired) electrons. The van der Waals surface area contributed by atoms with Gasteiger partial charge in [0, 0.05) is 5.54 Å². The number of nitrogens with one attached hydrogen (secondary N) is 1. The third-order valence-corrected chi connectivity index (χ3v) is 5.17. The Kier molecular flexibility index (Phi) is 2.07. The van der Waals surface area contributed by atoms with Crippen molar-refractivity contribution < 1.29 is 0 Å². The van der Waals surface area contributed by atoms with E-state index in [9.17, 15) is 0 Å². The van der Waals surface area contributed by atoms with Gasteiger partial charge in [0.15, 0.2) is 0 Å². The minimum absolute atomic E-state index is 0.356. The molecule has 1 nitrogen and oxygen atoms in total. The fraction of sp³-hybridized carbons (Fsp3) is 0.929. The van der Waals surface area contributed by atoms with Crippen LogP contribution in [-0.4, -0.2) is 10.5 Å². The average molecular weight is 237 g/mol. The lowest BCUT2D eigenvalue weighted by Gasteiger charge is -2.65. The maximum Gasteiger partial charge on any atom is 0.0726 e. The van der Waals surface area contributed by atoms with Gasteiger partial charge < -0.3 is 5.32 Å². The van der Waals surface area contributed by atoms with Gasteiger partial charge in [-0.05, 0) is 62.2 Å². The SMILES string of the molecule is CC(=S)NC12CC3CC(C)(CC(C)(C3)C1)C2. The lowest BCUT2D eigenvalue weighted by Crippen LogP contribution is -2.64. The van der Waals surface area contributed by atoms with E-state index in [0.29, 0.717) is 16.4 Å². The van der Waals surface area contributed by atoms with Crippen molar-refractivity contribution in [3.63, 3.8) is 0 Å². The van der Waals surface area contributed by atoms with E-state index in [1.165, 1.54) is 38.5 Å². The van der Waals surface area contributed by atoms with E-state index in [2.05, 4.69) is 19.2 Å². The second-order valence-corrected chi connectivity index (χ2v) is 8.20. The van der Waals surface area contributed by atoms with Crippen molar-refractivity contribution in [2.45, 2.75) is 64.8 Å². The molecule has 0 spiro atoms. The molecule has 2 heteroatoms. The average Bonchev–Trinajstić information content (AvgIpc) is 1.91. The summed E-state index contributed by atoms with van der Waals surface area (Å²) in [5.74, 6) is 0.952. The maximum absolute atomic E-state index is 5.29. The third-order valence-electron chi connectivity index (χ3n) is 5.07. The molecule has 0 saturated heterocycles. The van der Waals surface area contributed by atoms with Gasteiger partial charge in [0.25, 0.3) is 0 Å². The molecule has 4 rings (SSSR count). The van der Waals surface area contributed by atoms with E-state index in [1.54, 1.807) is 0 Å². The van der Waals surface area contributed by atoms with Gasteiger partial charge in [-0.2, -0.15) is 0 Å². The van der Waals surface area contributed by atoms with E-state index < -0.39 is 0 Å². The highest BCUT2D eigenvalue weighted by Crippen LogP contribution is 2.66. The van der Waals surface area contributed by atoms with E-state index in [0.717, 1.165) is 10.9 Å². The largest absolute Gasteiger partial charge is 0.374 e. The molecule has 0 aromatic carbocycles. The van der Waals surface area contributed by atoms with E-state index in [-0.39, 0.29) is 0 Å². The Balaban J connectivity index is 1.95. The maximum atomic E-state index is 5.29. The van der Waals surface area contributed by atoms with Crippen LogP contribution >= 0.6 is 12.2 Å². The number of thiocarbonyl (C=S) groups is 1. The van der Waals surface area contributed by atoms with Gasteiger partial charge in [0.05, 0.1) is 4.99 Å². The Morgan fingerprint density at radius 2 is 1.62 bits per heavy atom. The molecule has 1 N–H and O–H groups in total. The Bertz CT molecular complexity index is 331. The van der Waals surface area contributed by atoms with Crippen LogP contribution in [0.15, 0.2) is 0 Å². The first kappa shape index (κ1) is 11.0. The molecule has 90 valence electrons. The quantitative estimate of drug-likeness (QED) is 0.698. The molecule has 0 heterocycles. The van der Waals surface area contributed by atoms with Crippen molar-refractivity contribution in [1.82, 2.24) is 5.32 Å². The highest BCUT2D eigenvalue weighted by molar-refractivity contribution is 7.80. The molecule has 0 aromatic heterocycles. The first-order valence-electron chi connectivity index (χ1n) is 6.61. The summed E-state index contributed by atoms with van der Waals surface area (Å²) in [7, 11) is 0. The Labute approximate surface area is 104 Å². The van der Waals surface area contributed by atoms with E-state index in [1.807, 2.05) is 6.92 Å². The minimum Gasteiger partial charge on any atom is -0.374 e. The van der Waals surface area contributed by atoms with Gasteiger partial charge >= 0.3 is 0 Å². The van der Waals surface area contributed by atoms with Crippen LogP contribution in [0.4, 0.5) is 0 Å². The van der Waals surface area contributed by atoms with Crippen molar-refractivity contribution in [2.75, 3.05) is 0 Å². The standard InChI is InChI=1S/C14H23NS/c1-10(16)15-14-6-11-4-12(2,8-14)7-13(3,5-11)9-14/h11H,4-9H2,1-3H3,(H,15,16). The van der Waals surface area contributed by atoms with Crippen LogP contribution in [0.2, 0.25) is 0 Å². The Morgan fingerprint density at radius 1 is 1.06 bits per heavy atom. The summed E-state index contributed by atoms with van der Waals surface area (Å²) in [6, 6.07) is 0. The van der Waals surface area contributed by atoms with Gasteiger partial charge in [-0.3, -0.25) is 0 Å². The van der Waals surface area contributed by atoms with Gasteiger partial charge in [-0.1, -0.05) is 26.1 Å². The van der Waals surface area contributed by atoms with E-state index >= 15 is 0 Å². The van der Waals surface area contributed by atoms with Crippen LogP contribution in [0.3, 0.4) is 0 Å². The Hall–Kier alpha value is -0.110. The number of hydrogen-bond acceptors (Lipinski definition) is 1.